The second-order valence-corrected chi connectivity index (χ2v) is 4.78. The van der Waals surface area contributed by atoms with Crippen molar-refractivity contribution in [2.45, 2.75) is 32.1 Å². The van der Waals surface area contributed by atoms with E-state index in [0.717, 1.165) is 22.8 Å². The molecule has 0 aromatic carbocycles. The number of nitrogens with one attached hydrogen (secondary N) is 2. The summed E-state index contributed by atoms with van der Waals surface area (Å²) in [6, 6.07) is 0. The van der Waals surface area contributed by atoms with Gasteiger partial charge in [0, 0.05) is 24.2 Å². The molecular formula is C14H22N4. The molecule has 4 nitrogen and oxygen atoms in total. The number of nitrogens with two attached hydrogens (primary N) is 1. The van der Waals surface area contributed by atoms with E-state index in [1.807, 2.05) is 7.05 Å². The normalized spacial score (nSPS) is 23.6. The molecule has 2 rings (SSSR count). The van der Waals surface area contributed by atoms with Gasteiger partial charge in [-0.25, -0.2) is 4.99 Å². The average Bonchev–Trinajstić information content (AvgIpc) is 2.46. The number of hydrogen-bond donors (Lipinski definition) is 3. The lowest BCUT2D eigenvalue weighted by molar-refractivity contribution is 0.397. The predicted octanol–water partition coefficient (Wildman–Crippen LogP) is 1.99. The van der Waals surface area contributed by atoms with E-state index in [1.165, 1.54) is 32.1 Å². The third-order valence-electron chi connectivity index (χ3n) is 3.70. The second kappa shape index (κ2) is 5.76. The first-order valence-electron chi connectivity index (χ1n) is 6.61. The minimum absolute atomic E-state index is 0.487. The molecule has 0 aromatic rings. The highest BCUT2D eigenvalue weighted by Crippen LogP contribution is 2.30. The van der Waals surface area contributed by atoms with Gasteiger partial charge in [-0.2, -0.15) is 0 Å². The first kappa shape index (κ1) is 12.7. The van der Waals surface area contributed by atoms with Gasteiger partial charge in [0.2, 0.25) is 0 Å². The molecule has 0 saturated heterocycles. The molecular weight excluding hydrogens is 224 g/mol. The van der Waals surface area contributed by atoms with Crippen LogP contribution in [0.15, 0.2) is 40.4 Å². The molecule has 1 heterocycles. The topological polar surface area (TPSA) is 62.4 Å². The molecule has 2 aliphatic rings. The van der Waals surface area contributed by atoms with E-state index in [9.17, 15) is 0 Å². The fraction of sp³-hybridized carbons (Fsp3) is 0.500. The highest BCUT2D eigenvalue weighted by Gasteiger charge is 2.22. The van der Waals surface area contributed by atoms with Crippen molar-refractivity contribution in [3.05, 3.63) is 35.4 Å². The monoisotopic (exact) mass is 246 g/mol. The van der Waals surface area contributed by atoms with Crippen molar-refractivity contribution < 1.29 is 0 Å². The third-order valence-corrected chi connectivity index (χ3v) is 3.70. The summed E-state index contributed by atoms with van der Waals surface area (Å²) in [5, 5.41) is 6.25. The van der Waals surface area contributed by atoms with Crippen LogP contribution in [0.1, 0.15) is 32.1 Å². The Labute approximate surface area is 109 Å². The van der Waals surface area contributed by atoms with Gasteiger partial charge in [0.1, 0.15) is 5.82 Å². The van der Waals surface area contributed by atoms with Gasteiger partial charge in [0.05, 0.1) is 12.0 Å². The van der Waals surface area contributed by atoms with Gasteiger partial charge in [0.15, 0.2) is 0 Å². The van der Waals surface area contributed by atoms with E-state index in [-0.39, 0.29) is 0 Å². The van der Waals surface area contributed by atoms with Crippen LogP contribution in [-0.2, 0) is 0 Å². The Balaban J connectivity index is 2.32. The maximum Gasteiger partial charge on any atom is 0.136 e. The van der Waals surface area contributed by atoms with Crippen LogP contribution in [0, 0.1) is 5.92 Å². The first-order valence-corrected chi connectivity index (χ1v) is 6.61. The Bertz CT molecular complexity index is 412. The molecule has 18 heavy (non-hydrogen) atoms. The van der Waals surface area contributed by atoms with Gasteiger partial charge >= 0.3 is 0 Å². The molecule has 4 heteroatoms. The van der Waals surface area contributed by atoms with Gasteiger partial charge in [-0.15, -0.1) is 0 Å². The number of aliphatic imine (C=N–C) groups is 1. The largest absolute Gasteiger partial charge is 0.400 e. The molecule has 0 radical (unpaired) electrons. The zero-order valence-electron chi connectivity index (χ0n) is 11.0. The number of rotatable bonds is 3. The fourth-order valence-electron chi connectivity index (χ4n) is 2.68. The summed E-state index contributed by atoms with van der Waals surface area (Å²) >= 11 is 0. The number of nitrogens with zero attached hydrogens (tertiary/aromatic N) is 1. The van der Waals surface area contributed by atoms with E-state index in [1.54, 1.807) is 12.4 Å². The summed E-state index contributed by atoms with van der Waals surface area (Å²) in [5.41, 5.74) is 9.23. The minimum atomic E-state index is 0.487. The molecule has 0 aromatic heterocycles. The molecule has 1 fully saturated rings. The van der Waals surface area contributed by atoms with Crippen molar-refractivity contribution in [3.8, 4) is 0 Å². The number of hydrogen-bond acceptors (Lipinski definition) is 4. The van der Waals surface area contributed by atoms with Crippen LogP contribution in [0.5, 0.6) is 0 Å². The van der Waals surface area contributed by atoms with Crippen molar-refractivity contribution in [1.29, 1.82) is 0 Å². The Hall–Kier alpha value is -1.71. The Kier molecular flexibility index (Phi) is 4.07. The summed E-state index contributed by atoms with van der Waals surface area (Å²) in [6.07, 6.45) is 9.75. The van der Waals surface area contributed by atoms with Gasteiger partial charge in [-0.05, 0) is 12.8 Å². The smallest absolute Gasteiger partial charge is 0.136 e. The van der Waals surface area contributed by atoms with Crippen molar-refractivity contribution in [2.24, 2.45) is 16.6 Å². The van der Waals surface area contributed by atoms with Crippen molar-refractivity contribution >= 4 is 6.34 Å². The van der Waals surface area contributed by atoms with E-state index >= 15 is 0 Å². The summed E-state index contributed by atoms with van der Waals surface area (Å²) in [5.74, 6) is 1.30. The molecule has 1 aliphatic carbocycles. The van der Waals surface area contributed by atoms with Gasteiger partial charge in [-0.1, -0.05) is 31.9 Å². The molecule has 4 N–H and O–H groups in total. The maximum absolute atomic E-state index is 6.35. The second-order valence-electron chi connectivity index (χ2n) is 4.78. The van der Waals surface area contributed by atoms with Crippen LogP contribution in [0.25, 0.3) is 0 Å². The predicted molar refractivity (Wildman–Crippen MR) is 75.7 cm³/mol. The Morgan fingerprint density at radius 3 is 2.83 bits per heavy atom. The van der Waals surface area contributed by atoms with Gasteiger partial charge < -0.3 is 16.4 Å². The summed E-state index contributed by atoms with van der Waals surface area (Å²) in [6.45, 7) is 3.86. The number of allylic oxidation sites excluding steroid dienone is 2. The zero-order chi connectivity index (χ0) is 13.0. The maximum atomic E-state index is 6.35. The molecule has 0 atom stereocenters. The van der Waals surface area contributed by atoms with E-state index in [0.29, 0.717) is 5.92 Å². The van der Waals surface area contributed by atoms with Crippen LogP contribution >= 0.6 is 0 Å². The van der Waals surface area contributed by atoms with Crippen LogP contribution in [0.4, 0.5) is 0 Å². The van der Waals surface area contributed by atoms with Crippen molar-refractivity contribution in [1.82, 2.24) is 10.6 Å². The highest BCUT2D eigenvalue weighted by atomic mass is 15.1. The SMILES string of the molecule is C=CC1=C(NC)N=CN/C1=C(\N)C1CCCCC1. The standard InChI is InChI=1S/C14H22N4/c1-3-11-13(17-9-18-14(11)16-2)12(15)10-7-5-4-6-8-10/h3,9-10,16H,1,4-8,15H2,2H3,(H,17,18)/b13-12-. The molecule has 0 bridgehead atoms. The molecule has 0 amide bonds. The minimum Gasteiger partial charge on any atom is -0.400 e. The van der Waals surface area contributed by atoms with E-state index < -0.39 is 0 Å². The lowest BCUT2D eigenvalue weighted by Crippen LogP contribution is -2.28. The van der Waals surface area contributed by atoms with Crippen molar-refractivity contribution in [2.75, 3.05) is 7.05 Å². The molecule has 0 unspecified atom stereocenters. The average molecular weight is 246 g/mol. The van der Waals surface area contributed by atoms with Gasteiger partial charge in [0.25, 0.3) is 0 Å². The summed E-state index contributed by atoms with van der Waals surface area (Å²) < 4.78 is 0. The quantitative estimate of drug-likeness (QED) is 0.713. The Morgan fingerprint density at radius 1 is 1.50 bits per heavy atom. The van der Waals surface area contributed by atoms with Crippen LogP contribution in [0.2, 0.25) is 0 Å². The van der Waals surface area contributed by atoms with Crippen LogP contribution < -0.4 is 16.4 Å². The van der Waals surface area contributed by atoms with Crippen molar-refractivity contribution in [3.63, 3.8) is 0 Å². The first-order chi connectivity index (χ1) is 8.77. The summed E-state index contributed by atoms with van der Waals surface area (Å²) in [7, 11) is 1.86. The highest BCUT2D eigenvalue weighted by molar-refractivity contribution is 5.67. The lowest BCUT2D eigenvalue weighted by atomic mass is 9.85. The molecule has 0 spiro atoms. The van der Waals surface area contributed by atoms with E-state index in [2.05, 4.69) is 22.2 Å². The Morgan fingerprint density at radius 2 is 2.22 bits per heavy atom. The zero-order valence-corrected chi connectivity index (χ0v) is 11.0. The third kappa shape index (κ3) is 2.42. The van der Waals surface area contributed by atoms with Crippen LogP contribution in [0.3, 0.4) is 0 Å². The van der Waals surface area contributed by atoms with Gasteiger partial charge in [-0.3, -0.25) is 0 Å². The summed E-state index contributed by atoms with van der Waals surface area (Å²) in [4.78, 5) is 4.25. The molecule has 1 aliphatic heterocycles. The fourth-order valence-corrected chi connectivity index (χ4v) is 2.68. The molecule has 98 valence electrons. The molecule has 1 saturated carbocycles. The van der Waals surface area contributed by atoms with Crippen LogP contribution in [-0.4, -0.2) is 13.4 Å². The van der Waals surface area contributed by atoms with E-state index in [4.69, 9.17) is 5.73 Å². The lowest BCUT2D eigenvalue weighted by Gasteiger charge is -2.26.